The van der Waals surface area contributed by atoms with Gasteiger partial charge in [0.2, 0.25) is 0 Å². The normalized spacial score (nSPS) is 11.6. The minimum absolute atomic E-state index is 0. The number of carboxylic acids is 1. The molecule has 0 heterocycles. The van der Waals surface area contributed by atoms with E-state index >= 15 is 0 Å². The van der Waals surface area contributed by atoms with Crippen LogP contribution < -0.4 is 25.0 Å². The van der Waals surface area contributed by atoms with Gasteiger partial charge in [-0.2, -0.15) is 0 Å². The van der Waals surface area contributed by atoms with Crippen LogP contribution in [0.1, 0.15) is 6.42 Å². The first-order valence-electron chi connectivity index (χ1n) is 2.36. The summed E-state index contributed by atoms with van der Waals surface area (Å²) >= 11 is 0. The molecule has 2 atom stereocenters. The first kappa shape index (κ1) is 29.5. The molecule has 0 fully saturated rings. The Labute approximate surface area is 75.9 Å². The summed E-state index contributed by atoms with van der Waals surface area (Å²) in [5, 5.41) is 26.0. The van der Waals surface area contributed by atoms with Gasteiger partial charge in [-0.1, -0.05) is 0 Å². The Hall–Kier alpha value is -0.691. The van der Waals surface area contributed by atoms with E-state index in [9.17, 15) is 9.90 Å². The second-order valence-corrected chi connectivity index (χ2v) is 1.64. The minimum atomic E-state index is -1.89. The number of hydrogen-bond acceptors (Lipinski definition) is 4. The Bertz CT molecular complexity index is 118. The third-order valence-electron chi connectivity index (χ3n) is 0.773. The number of hydrogen-bond donors (Lipinski definition) is 3. The Morgan fingerprint density at radius 3 is 1.77 bits per heavy atom. The van der Waals surface area contributed by atoms with E-state index in [1.54, 1.807) is 0 Å². The Morgan fingerprint density at radius 1 is 1.38 bits per heavy atom. The summed E-state index contributed by atoms with van der Waals surface area (Å²) in [5.41, 5.74) is 4.86. The molecular formula is C4H8BeF3NO4-2. The van der Waals surface area contributed by atoms with Crippen molar-refractivity contribution >= 4 is 16.1 Å². The van der Waals surface area contributed by atoms with Crippen LogP contribution in [0.3, 0.4) is 0 Å². The smallest absolute Gasteiger partial charge is 1.00 e. The number of aliphatic hydroxyl groups excluding tert-OH is 1. The minimum Gasteiger partial charge on any atom is -1.00 e. The second-order valence-electron chi connectivity index (χ2n) is 1.64. The van der Waals surface area contributed by atoms with E-state index in [2.05, 4.69) is 0 Å². The number of aliphatic hydroxyl groups is 1. The number of aliphatic carboxylic acids is 1. The zero-order valence-corrected chi connectivity index (χ0v) is 6.49. The van der Waals surface area contributed by atoms with Crippen LogP contribution in [0.2, 0.25) is 0 Å². The quantitative estimate of drug-likeness (QED) is 0.310. The van der Waals surface area contributed by atoms with Crippen LogP contribution in [0, 0.1) is 0 Å². The maximum atomic E-state index is 9.86. The van der Waals surface area contributed by atoms with Gasteiger partial charge in [0.1, 0.15) is 6.04 Å². The van der Waals surface area contributed by atoms with Gasteiger partial charge in [0, 0.05) is 0 Å². The third kappa shape index (κ3) is 18.3. The zero-order chi connectivity index (χ0) is 7.44. The molecule has 0 rings (SSSR count). The van der Waals surface area contributed by atoms with E-state index < -0.39 is 24.7 Å². The van der Waals surface area contributed by atoms with Crippen molar-refractivity contribution < 1.29 is 34.2 Å². The van der Waals surface area contributed by atoms with E-state index in [0.717, 1.165) is 0 Å². The molecule has 0 aromatic heterocycles. The largest absolute Gasteiger partial charge is 2.00 e. The molecule has 0 aromatic carbocycles. The van der Waals surface area contributed by atoms with Gasteiger partial charge in [-0.05, 0) is 12.7 Å². The SMILES string of the molecule is N[C@@H](C[C@@H]([O-])O)C(=O)O.[Be+2].[F-].[F-].[F-]. The predicted octanol–water partition coefficient (Wildman–Crippen LogP) is -11.9. The van der Waals surface area contributed by atoms with Gasteiger partial charge in [0.25, 0.3) is 0 Å². The molecule has 0 aliphatic heterocycles. The van der Waals surface area contributed by atoms with Gasteiger partial charge in [-0.3, -0.25) is 4.79 Å². The van der Waals surface area contributed by atoms with Gasteiger partial charge >= 0.3 is 16.1 Å². The molecule has 4 N–H and O–H groups in total. The molecule has 0 radical (unpaired) electrons. The zero-order valence-electron chi connectivity index (χ0n) is 6.49. The molecule has 13 heavy (non-hydrogen) atoms. The molecule has 0 aliphatic rings. The average molecular weight is 200 g/mol. The maximum Gasteiger partial charge on any atom is 2.00 e. The van der Waals surface area contributed by atoms with E-state index in [1.165, 1.54) is 0 Å². The summed E-state index contributed by atoms with van der Waals surface area (Å²) in [6.07, 6.45) is -2.34. The second kappa shape index (κ2) is 13.9. The average Bonchev–Trinajstić information content (AvgIpc) is 1.63. The van der Waals surface area contributed by atoms with Crippen LogP contribution in [-0.4, -0.2) is 38.6 Å². The molecule has 0 saturated heterocycles. The van der Waals surface area contributed by atoms with Crippen molar-refractivity contribution in [2.45, 2.75) is 18.8 Å². The van der Waals surface area contributed by atoms with E-state index in [4.69, 9.17) is 15.9 Å². The molecule has 9 heteroatoms. The van der Waals surface area contributed by atoms with E-state index in [1.807, 2.05) is 0 Å². The molecule has 0 aromatic rings. The molecule has 78 valence electrons. The summed E-state index contributed by atoms with van der Waals surface area (Å²) in [6.45, 7) is 0. The summed E-state index contributed by atoms with van der Waals surface area (Å²) in [6, 6.07) is -1.25. The van der Waals surface area contributed by atoms with Gasteiger partial charge in [0.05, 0.1) is 0 Å². The Balaban J connectivity index is -0.0000000533. The van der Waals surface area contributed by atoms with Crippen molar-refractivity contribution in [3.05, 3.63) is 0 Å². The van der Waals surface area contributed by atoms with Gasteiger partial charge < -0.3 is 35.2 Å². The number of nitrogens with two attached hydrogens (primary N) is 1. The molecule has 0 bridgehead atoms. The van der Waals surface area contributed by atoms with Crippen molar-refractivity contribution in [1.29, 1.82) is 0 Å². The molecule has 0 amide bonds. The van der Waals surface area contributed by atoms with Gasteiger partial charge in [-0.15, -0.1) is 0 Å². The van der Waals surface area contributed by atoms with Crippen LogP contribution in [0.15, 0.2) is 0 Å². The molecule has 0 spiro atoms. The fraction of sp³-hybridized carbons (Fsp3) is 0.750. The first-order valence-corrected chi connectivity index (χ1v) is 2.36. The van der Waals surface area contributed by atoms with E-state index in [-0.39, 0.29) is 24.2 Å². The molecule has 0 unspecified atom stereocenters. The number of rotatable bonds is 3. The standard InChI is InChI=1S/C4H8NO4.Be.3FH/c5-2(4(8)9)1-3(6)7;;;;/h2-3,6H,1,5H2,(H,8,9);;3*1H/q-1;+2;;;/p-3/t2-,3+;;;;/m0..../s1. The summed E-state index contributed by atoms with van der Waals surface area (Å²) in [7, 11) is 0. The van der Waals surface area contributed by atoms with Crippen molar-refractivity contribution in [2.24, 2.45) is 5.73 Å². The third-order valence-corrected chi connectivity index (χ3v) is 0.773. The van der Waals surface area contributed by atoms with Crippen LogP contribution in [0.5, 0.6) is 0 Å². The van der Waals surface area contributed by atoms with Gasteiger partial charge in [-0.25, -0.2) is 0 Å². The van der Waals surface area contributed by atoms with Crippen LogP contribution in [0.4, 0.5) is 0 Å². The predicted molar refractivity (Wildman–Crippen MR) is 32.0 cm³/mol. The van der Waals surface area contributed by atoms with Crippen LogP contribution in [-0.2, 0) is 4.79 Å². The monoisotopic (exact) mass is 200 g/mol. The van der Waals surface area contributed by atoms with Crippen molar-refractivity contribution in [2.75, 3.05) is 0 Å². The van der Waals surface area contributed by atoms with Gasteiger partial charge in [0.15, 0.2) is 0 Å². The summed E-state index contributed by atoms with van der Waals surface area (Å²) < 4.78 is 0. The fourth-order valence-corrected chi connectivity index (χ4v) is 0.318. The van der Waals surface area contributed by atoms with E-state index in [0.29, 0.717) is 0 Å². The summed E-state index contributed by atoms with van der Waals surface area (Å²) in [4.78, 5) is 9.86. The Morgan fingerprint density at radius 2 is 1.69 bits per heavy atom. The number of carboxylic acid groups (broad SMARTS) is 1. The Kier molecular flexibility index (Phi) is 31.4. The fourth-order valence-electron chi connectivity index (χ4n) is 0.318. The van der Waals surface area contributed by atoms with Crippen LogP contribution >= 0.6 is 0 Å². The van der Waals surface area contributed by atoms with Crippen molar-refractivity contribution in [3.63, 3.8) is 0 Å². The molecule has 0 saturated carbocycles. The topological polar surface area (TPSA) is 107 Å². The number of halogens is 3. The van der Waals surface area contributed by atoms with Crippen molar-refractivity contribution in [1.82, 2.24) is 0 Å². The molecular weight excluding hydrogens is 192 g/mol. The summed E-state index contributed by atoms with van der Waals surface area (Å²) in [5.74, 6) is -1.27. The van der Waals surface area contributed by atoms with Crippen LogP contribution in [0.25, 0.3) is 0 Å². The maximum absolute atomic E-state index is 9.86. The molecule has 5 nitrogen and oxygen atoms in total. The number of carbonyl (C=O) groups is 1. The molecule has 0 aliphatic carbocycles. The first-order chi connectivity index (χ1) is 4.04. The van der Waals surface area contributed by atoms with Crippen molar-refractivity contribution in [3.8, 4) is 0 Å².